The van der Waals surface area contributed by atoms with Crippen molar-refractivity contribution in [2.45, 2.75) is 31.8 Å². The van der Waals surface area contributed by atoms with E-state index < -0.39 is 5.60 Å². The van der Waals surface area contributed by atoms with Gasteiger partial charge >= 0.3 is 0 Å². The van der Waals surface area contributed by atoms with Crippen LogP contribution in [0.1, 0.15) is 30.9 Å². The molecule has 0 fully saturated rings. The monoisotopic (exact) mass is 236 g/mol. The quantitative estimate of drug-likeness (QED) is 0.797. The number of aliphatic hydroxyl groups is 1. The maximum atomic E-state index is 10.6. The molecule has 1 aromatic carbocycles. The van der Waals surface area contributed by atoms with Crippen molar-refractivity contribution >= 4 is 0 Å². The largest absolute Gasteiger partial charge is 0.497 e. The van der Waals surface area contributed by atoms with E-state index in [1.807, 2.05) is 18.2 Å². The number of hydrogen-bond donors (Lipinski definition) is 1. The first-order chi connectivity index (χ1) is 8.19. The fourth-order valence-electron chi connectivity index (χ4n) is 2.35. The van der Waals surface area contributed by atoms with Crippen molar-refractivity contribution in [2.24, 2.45) is 0 Å². The molecule has 1 unspecified atom stereocenters. The van der Waals surface area contributed by atoms with E-state index in [4.69, 9.17) is 9.47 Å². The first kappa shape index (κ1) is 12.4. The van der Waals surface area contributed by atoms with Crippen molar-refractivity contribution in [3.8, 4) is 5.75 Å². The number of methoxy groups -OCH3 is 1. The smallest absolute Gasteiger partial charge is 0.119 e. The molecule has 1 aliphatic carbocycles. The zero-order valence-electron chi connectivity index (χ0n) is 10.5. The Balaban J connectivity index is 2.18. The van der Waals surface area contributed by atoms with Gasteiger partial charge in [-0.15, -0.1) is 0 Å². The van der Waals surface area contributed by atoms with Gasteiger partial charge in [0.05, 0.1) is 13.7 Å². The highest BCUT2D eigenvalue weighted by Gasteiger charge is 2.37. The number of rotatable bonds is 5. The predicted octanol–water partition coefficient (Wildman–Crippen LogP) is 2.26. The van der Waals surface area contributed by atoms with Gasteiger partial charge in [0.1, 0.15) is 11.4 Å². The lowest BCUT2D eigenvalue weighted by atomic mass is 9.97. The number of fused-ring (bicyclic) bond motifs is 1. The lowest BCUT2D eigenvalue weighted by Crippen LogP contribution is -2.29. The average molecular weight is 236 g/mol. The first-order valence-electron chi connectivity index (χ1n) is 6.17. The minimum atomic E-state index is -0.834. The van der Waals surface area contributed by atoms with Crippen LogP contribution >= 0.6 is 0 Å². The van der Waals surface area contributed by atoms with E-state index in [1.165, 1.54) is 5.56 Å². The van der Waals surface area contributed by atoms with Crippen molar-refractivity contribution in [1.29, 1.82) is 0 Å². The fourth-order valence-corrected chi connectivity index (χ4v) is 2.35. The molecule has 17 heavy (non-hydrogen) atoms. The Labute approximate surface area is 102 Å². The Morgan fingerprint density at radius 3 is 2.94 bits per heavy atom. The summed E-state index contributed by atoms with van der Waals surface area (Å²) in [5.74, 6) is 0.791. The van der Waals surface area contributed by atoms with Crippen molar-refractivity contribution in [3.05, 3.63) is 29.3 Å². The van der Waals surface area contributed by atoms with Crippen LogP contribution in [-0.4, -0.2) is 25.4 Å². The second kappa shape index (κ2) is 5.07. The number of benzene rings is 1. The Hall–Kier alpha value is -1.06. The van der Waals surface area contributed by atoms with Gasteiger partial charge in [-0.3, -0.25) is 0 Å². The van der Waals surface area contributed by atoms with E-state index in [-0.39, 0.29) is 0 Å². The van der Waals surface area contributed by atoms with Crippen LogP contribution in [0.15, 0.2) is 18.2 Å². The van der Waals surface area contributed by atoms with Crippen LogP contribution < -0.4 is 4.74 Å². The molecule has 0 saturated carbocycles. The van der Waals surface area contributed by atoms with E-state index in [2.05, 4.69) is 6.92 Å². The Bertz CT molecular complexity index is 389. The SMILES string of the molecule is CCCOCC1(O)CCc2ccc(OC)cc21. The topological polar surface area (TPSA) is 38.7 Å². The summed E-state index contributed by atoms with van der Waals surface area (Å²) in [5, 5.41) is 10.6. The van der Waals surface area contributed by atoms with Crippen molar-refractivity contribution in [3.63, 3.8) is 0 Å². The van der Waals surface area contributed by atoms with Gasteiger partial charge in [0.2, 0.25) is 0 Å². The van der Waals surface area contributed by atoms with Crippen LogP contribution in [0.25, 0.3) is 0 Å². The molecule has 1 atom stereocenters. The molecule has 3 nitrogen and oxygen atoms in total. The molecule has 0 amide bonds. The maximum Gasteiger partial charge on any atom is 0.119 e. The van der Waals surface area contributed by atoms with Crippen LogP contribution in [0.5, 0.6) is 5.75 Å². The normalized spacial score (nSPS) is 22.5. The third-order valence-corrected chi connectivity index (χ3v) is 3.32. The molecule has 0 aliphatic heterocycles. The van der Waals surface area contributed by atoms with E-state index in [0.29, 0.717) is 13.2 Å². The maximum absolute atomic E-state index is 10.6. The number of ether oxygens (including phenoxy) is 2. The van der Waals surface area contributed by atoms with Gasteiger partial charge in [-0.1, -0.05) is 13.0 Å². The average Bonchev–Trinajstić information content (AvgIpc) is 2.67. The molecular formula is C14H20O3. The van der Waals surface area contributed by atoms with Gasteiger partial charge in [-0.2, -0.15) is 0 Å². The molecule has 1 aliphatic rings. The van der Waals surface area contributed by atoms with Crippen LogP contribution in [0.2, 0.25) is 0 Å². The summed E-state index contributed by atoms with van der Waals surface area (Å²) < 4.78 is 10.7. The molecule has 94 valence electrons. The van der Waals surface area contributed by atoms with Gasteiger partial charge in [0, 0.05) is 6.61 Å². The highest BCUT2D eigenvalue weighted by Crippen LogP contribution is 2.38. The summed E-state index contributed by atoms with van der Waals surface area (Å²) in [6.45, 7) is 3.14. The van der Waals surface area contributed by atoms with Gasteiger partial charge < -0.3 is 14.6 Å². The molecule has 0 heterocycles. The summed E-state index contributed by atoms with van der Waals surface area (Å²) >= 11 is 0. The van der Waals surface area contributed by atoms with Gasteiger partial charge in [-0.25, -0.2) is 0 Å². The summed E-state index contributed by atoms with van der Waals surface area (Å²) in [6, 6.07) is 5.90. The first-order valence-corrected chi connectivity index (χ1v) is 6.17. The van der Waals surface area contributed by atoms with Crippen molar-refractivity contribution < 1.29 is 14.6 Å². The third-order valence-electron chi connectivity index (χ3n) is 3.32. The van der Waals surface area contributed by atoms with E-state index in [0.717, 1.165) is 30.6 Å². The Morgan fingerprint density at radius 1 is 1.41 bits per heavy atom. The molecule has 0 bridgehead atoms. The lowest BCUT2D eigenvalue weighted by molar-refractivity contribution is -0.0494. The zero-order valence-corrected chi connectivity index (χ0v) is 10.5. The van der Waals surface area contributed by atoms with Crippen molar-refractivity contribution in [2.75, 3.05) is 20.3 Å². The summed E-state index contributed by atoms with van der Waals surface area (Å²) in [5.41, 5.74) is 1.33. The fraction of sp³-hybridized carbons (Fsp3) is 0.571. The van der Waals surface area contributed by atoms with E-state index >= 15 is 0 Å². The molecule has 0 radical (unpaired) electrons. The van der Waals surface area contributed by atoms with Crippen LogP contribution in [0, 0.1) is 0 Å². The van der Waals surface area contributed by atoms with Gasteiger partial charge in [-0.05, 0) is 42.5 Å². The summed E-state index contributed by atoms with van der Waals surface area (Å²) in [6.07, 6.45) is 2.62. The minimum Gasteiger partial charge on any atom is -0.497 e. The Kier molecular flexibility index (Phi) is 3.69. The summed E-state index contributed by atoms with van der Waals surface area (Å²) in [4.78, 5) is 0. The van der Waals surface area contributed by atoms with Crippen LogP contribution in [-0.2, 0) is 16.8 Å². The Morgan fingerprint density at radius 2 is 2.24 bits per heavy atom. The lowest BCUT2D eigenvalue weighted by Gasteiger charge is -2.24. The van der Waals surface area contributed by atoms with E-state index in [9.17, 15) is 5.11 Å². The molecule has 3 heteroatoms. The molecule has 0 saturated heterocycles. The van der Waals surface area contributed by atoms with Crippen LogP contribution in [0.4, 0.5) is 0 Å². The molecule has 2 rings (SSSR count). The number of hydrogen-bond acceptors (Lipinski definition) is 3. The zero-order chi connectivity index (χ0) is 12.3. The standard InChI is InChI=1S/C14H20O3/c1-3-8-17-10-14(15)7-6-11-4-5-12(16-2)9-13(11)14/h4-5,9,15H,3,6-8,10H2,1-2H3. The van der Waals surface area contributed by atoms with Crippen molar-refractivity contribution in [1.82, 2.24) is 0 Å². The third kappa shape index (κ3) is 2.45. The molecule has 0 aromatic heterocycles. The minimum absolute atomic E-state index is 0.376. The van der Waals surface area contributed by atoms with Crippen LogP contribution in [0.3, 0.4) is 0 Å². The second-order valence-corrected chi connectivity index (χ2v) is 4.61. The highest BCUT2D eigenvalue weighted by atomic mass is 16.5. The second-order valence-electron chi connectivity index (χ2n) is 4.61. The summed E-state index contributed by atoms with van der Waals surface area (Å²) in [7, 11) is 1.64. The van der Waals surface area contributed by atoms with Gasteiger partial charge in [0.15, 0.2) is 0 Å². The van der Waals surface area contributed by atoms with Gasteiger partial charge in [0.25, 0.3) is 0 Å². The number of aryl methyl sites for hydroxylation is 1. The van der Waals surface area contributed by atoms with E-state index in [1.54, 1.807) is 7.11 Å². The molecular weight excluding hydrogens is 216 g/mol. The highest BCUT2D eigenvalue weighted by molar-refractivity contribution is 5.42. The molecule has 1 aromatic rings. The molecule has 0 spiro atoms. The predicted molar refractivity (Wildman–Crippen MR) is 66.3 cm³/mol. The molecule has 1 N–H and O–H groups in total.